The summed E-state index contributed by atoms with van der Waals surface area (Å²) >= 11 is 0. The molecule has 0 unspecified atom stereocenters. The zero-order valence-corrected chi connectivity index (χ0v) is 15.3. The SMILES string of the molecule is NC(=O)NCCN1CCC[C@H](C(=O)c2ccc(Oc3ccccc3)cc2)C1. The van der Waals surface area contributed by atoms with Crippen LogP contribution in [-0.2, 0) is 0 Å². The summed E-state index contributed by atoms with van der Waals surface area (Å²) in [6, 6.07) is 16.4. The van der Waals surface area contributed by atoms with Crippen molar-refractivity contribution in [1.29, 1.82) is 0 Å². The van der Waals surface area contributed by atoms with E-state index in [4.69, 9.17) is 10.5 Å². The normalized spacial score (nSPS) is 17.3. The molecular formula is C21H25N3O3. The third kappa shape index (κ3) is 5.56. The number of nitrogens with zero attached hydrogens (tertiary/aromatic N) is 1. The molecule has 0 bridgehead atoms. The summed E-state index contributed by atoms with van der Waals surface area (Å²) in [6.45, 7) is 2.86. The summed E-state index contributed by atoms with van der Waals surface area (Å²) < 4.78 is 5.78. The van der Waals surface area contributed by atoms with Crippen molar-refractivity contribution in [3.8, 4) is 11.5 Å². The standard InChI is InChI=1S/C21H25N3O3/c22-21(26)23-12-14-24-13-4-5-17(15-24)20(25)16-8-10-19(11-9-16)27-18-6-2-1-3-7-18/h1-3,6-11,17H,4-5,12-15H2,(H3,22,23,26)/t17-/m0/s1. The Morgan fingerprint density at radius 3 is 2.48 bits per heavy atom. The molecule has 0 aromatic heterocycles. The summed E-state index contributed by atoms with van der Waals surface area (Å²) in [6.07, 6.45) is 1.86. The van der Waals surface area contributed by atoms with Crippen molar-refractivity contribution in [1.82, 2.24) is 10.2 Å². The Balaban J connectivity index is 1.55. The number of carbonyl (C=O) groups is 2. The van der Waals surface area contributed by atoms with Crippen molar-refractivity contribution in [2.45, 2.75) is 12.8 Å². The van der Waals surface area contributed by atoms with E-state index >= 15 is 0 Å². The van der Waals surface area contributed by atoms with E-state index < -0.39 is 6.03 Å². The quantitative estimate of drug-likeness (QED) is 0.737. The monoisotopic (exact) mass is 367 g/mol. The Morgan fingerprint density at radius 2 is 1.78 bits per heavy atom. The first kappa shape index (κ1) is 18.9. The average Bonchev–Trinajstić information content (AvgIpc) is 2.69. The first-order chi connectivity index (χ1) is 13.1. The van der Waals surface area contributed by atoms with E-state index in [1.165, 1.54) is 0 Å². The molecule has 27 heavy (non-hydrogen) atoms. The number of Topliss-reactive ketones (excluding diaryl/α,β-unsaturated/α-hetero) is 1. The molecule has 0 spiro atoms. The number of hydrogen-bond donors (Lipinski definition) is 2. The van der Waals surface area contributed by atoms with Crippen molar-refractivity contribution >= 4 is 11.8 Å². The third-order valence-electron chi connectivity index (χ3n) is 4.72. The van der Waals surface area contributed by atoms with E-state index in [1.807, 2.05) is 54.6 Å². The van der Waals surface area contributed by atoms with Gasteiger partial charge in [0, 0.05) is 31.1 Å². The van der Waals surface area contributed by atoms with Crippen molar-refractivity contribution < 1.29 is 14.3 Å². The van der Waals surface area contributed by atoms with Gasteiger partial charge in [0.2, 0.25) is 0 Å². The Hall–Kier alpha value is -2.86. The van der Waals surface area contributed by atoms with Crippen LogP contribution < -0.4 is 15.8 Å². The van der Waals surface area contributed by atoms with E-state index in [1.54, 1.807) is 0 Å². The number of likely N-dealkylation sites (tertiary alicyclic amines) is 1. The molecule has 6 heteroatoms. The Bertz CT molecular complexity index is 762. The highest BCUT2D eigenvalue weighted by molar-refractivity contribution is 5.98. The molecule has 1 fully saturated rings. The number of carbonyl (C=O) groups excluding carboxylic acids is 2. The molecule has 2 aromatic carbocycles. The minimum atomic E-state index is -0.516. The maximum atomic E-state index is 12.8. The van der Waals surface area contributed by atoms with E-state index in [0.717, 1.165) is 25.1 Å². The largest absolute Gasteiger partial charge is 0.457 e. The van der Waals surface area contributed by atoms with Crippen LogP contribution in [0.25, 0.3) is 0 Å². The smallest absolute Gasteiger partial charge is 0.312 e. The molecule has 1 heterocycles. The van der Waals surface area contributed by atoms with Gasteiger partial charge < -0.3 is 20.7 Å². The molecule has 6 nitrogen and oxygen atoms in total. The van der Waals surface area contributed by atoms with Crippen molar-refractivity contribution in [2.24, 2.45) is 11.7 Å². The van der Waals surface area contributed by atoms with Gasteiger partial charge in [-0.25, -0.2) is 4.79 Å². The number of rotatable bonds is 7. The summed E-state index contributed by atoms with van der Waals surface area (Å²) in [5.74, 6) is 1.62. The number of nitrogens with two attached hydrogens (primary N) is 1. The van der Waals surface area contributed by atoms with Crippen LogP contribution >= 0.6 is 0 Å². The van der Waals surface area contributed by atoms with Crippen LogP contribution in [0.2, 0.25) is 0 Å². The minimum Gasteiger partial charge on any atom is -0.457 e. The van der Waals surface area contributed by atoms with Crippen LogP contribution in [0.4, 0.5) is 4.79 Å². The predicted molar refractivity (Wildman–Crippen MR) is 104 cm³/mol. The fraction of sp³-hybridized carbons (Fsp3) is 0.333. The maximum absolute atomic E-state index is 12.8. The van der Waals surface area contributed by atoms with Crippen LogP contribution in [-0.4, -0.2) is 42.9 Å². The van der Waals surface area contributed by atoms with Gasteiger partial charge in [0.05, 0.1) is 0 Å². The van der Waals surface area contributed by atoms with Crippen LogP contribution in [0.1, 0.15) is 23.2 Å². The molecule has 1 aliphatic rings. The molecule has 3 rings (SSSR count). The van der Waals surface area contributed by atoms with Crippen molar-refractivity contribution in [3.63, 3.8) is 0 Å². The predicted octanol–water partition coefficient (Wildman–Crippen LogP) is 3.04. The molecular weight excluding hydrogens is 342 g/mol. The third-order valence-corrected chi connectivity index (χ3v) is 4.72. The molecule has 0 saturated carbocycles. The molecule has 0 aliphatic carbocycles. The Labute approximate surface area is 159 Å². The molecule has 1 saturated heterocycles. The summed E-state index contributed by atoms with van der Waals surface area (Å²) in [7, 11) is 0. The number of para-hydroxylation sites is 1. The number of piperidine rings is 1. The number of hydrogen-bond acceptors (Lipinski definition) is 4. The number of ether oxygens (including phenoxy) is 1. The number of nitrogens with one attached hydrogen (secondary N) is 1. The number of urea groups is 1. The number of primary amides is 1. The molecule has 3 N–H and O–H groups in total. The summed E-state index contributed by atoms with van der Waals surface area (Å²) in [4.78, 5) is 25.8. The summed E-state index contributed by atoms with van der Waals surface area (Å²) in [5.41, 5.74) is 5.79. The van der Waals surface area contributed by atoms with E-state index in [0.29, 0.717) is 30.9 Å². The number of ketones is 1. The molecule has 1 atom stereocenters. The highest BCUT2D eigenvalue weighted by Gasteiger charge is 2.26. The average molecular weight is 367 g/mol. The fourth-order valence-corrected chi connectivity index (χ4v) is 3.36. The minimum absolute atomic E-state index is 0.0202. The molecule has 142 valence electrons. The van der Waals surface area contributed by atoms with Crippen molar-refractivity contribution in [2.75, 3.05) is 26.2 Å². The van der Waals surface area contributed by atoms with Crippen LogP contribution in [0, 0.1) is 5.92 Å². The van der Waals surface area contributed by atoms with Gasteiger partial charge in [0.25, 0.3) is 0 Å². The lowest BCUT2D eigenvalue weighted by molar-refractivity contribution is 0.0821. The molecule has 2 amide bonds. The highest BCUT2D eigenvalue weighted by Crippen LogP contribution is 2.24. The van der Waals surface area contributed by atoms with Crippen LogP contribution in [0.15, 0.2) is 54.6 Å². The van der Waals surface area contributed by atoms with Gasteiger partial charge in [0.15, 0.2) is 5.78 Å². The van der Waals surface area contributed by atoms with Gasteiger partial charge in [-0.05, 0) is 55.8 Å². The Morgan fingerprint density at radius 1 is 1.07 bits per heavy atom. The first-order valence-electron chi connectivity index (χ1n) is 9.24. The number of amides is 2. The number of benzene rings is 2. The zero-order chi connectivity index (χ0) is 19.1. The Kier molecular flexibility index (Phi) is 6.44. The maximum Gasteiger partial charge on any atom is 0.312 e. The van der Waals surface area contributed by atoms with Crippen LogP contribution in [0.5, 0.6) is 11.5 Å². The topological polar surface area (TPSA) is 84.7 Å². The molecule has 1 aliphatic heterocycles. The zero-order valence-electron chi connectivity index (χ0n) is 15.3. The van der Waals surface area contributed by atoms with Crippen molar-refractivity contribution in [3.05, 3.63) is 60.2 Å². The lowest BCUT2D eigenvalue weighted by Gasteiger charge is -2.31. The second kappa shape index (κ2) is 9.19. The summed E-state index contributed by atoms with van der Waals surface area (Å²) in [5, 5.41) is 2.59. The van der Waals surface area contributed by atoms with Gasteiger partial charge in [0.1, 0.15) is 11.5 Å². The lowest BCUT2D eigenvalue weighted by atomic mass is 9.90. The second-order valence-corrected chi connectivity index (χ2v) is 6.73. The van der Waals surface area contributed by atoms with E-state index in [9.17, 15) is 9.59 Å². The first-order valence-corrected chi connectivity index (χ1v) is 9.24. The highest BCUT2D eigenvalue weighted by atomic mass is 16.5. The van der Waals surface area contributed by atoms with Gasteiger partial charge in [-0.1, -0.05) is 18.2 Å². The van der Waals surface area contributed by atoms with Gasteiger partial charge >= 0.3 is 6.03 Å². The van der Waals surface area contributed by atoms with Gasteiger partial charge in [-0.15, -0.1) is 0 Å². The fourth-order valence-electron chi connectivity index (χ4n) is 3.36. The molecule has 0 radical (unpaired) electrons. The van der Waals surface area contributed by atoms with Gasteiger partial charge in [-0.2, -0.15) is 0 Å². The van der Waals surface area contributed by atoms with Crippen LogP contribution in [0.3, 0.4) is 0 Å². The lowest BCUT2D eigenvalue weighted by Crippen LogP contribution is -2.43. The van der Waals surface area contributed by atoms with E-state index in [2.05, 4.69) is 10.2 Å². The second-order valence-electron chi connectivity index (χ2n) is 6.73. The van der Waals surface area contributed by atoms with E-state index in [-0.39, 0.29) is 11.7 Å². The molecule has 2 aromatic rings. The van der Waals surface area contributed by atoms with Gasteiger partial charge in [-0.3, -0.25) is 4.79 Å².